The van der Waals surface area contributed by atoms with Gasteiger partial charge in [-0.1, -0.05) is 6.07 Å². The second-order valence-electron chi connectivity index (χ2n) is 7.39. The number of fused-ring (bicyclic) bond motifs is 1. The van der Waals surface area contributed by atoms with Crippen molar-refractivity contribution in [2.24, 2.45) is 0 Å². The molecule has 0 spiro atoms. The first-order valence-corrected chi connectivity index (χ1v) is 9.85. The Kier molecular flexibility index (Phi) is 5.53. The maximum absolute atomic E-state index is 12.7. The molecule has 158 valence electrons. The second-order valence-corrected chi connectivity index (χ2v) is 7.39. The second kappa shape index (κ2) is 8.43. The Labute approximate surface area is 178 Å². The van der Waals surface area contributed by atoms with Crippen LogP contribution in [0.5, 0.6) is 5.88 Å². The van der Waals surface area contributed by atoms with Gasteiger partial charge in [0.1, 0.15) is 5.76 Å². The Morgan fingerprint density at radius 2 is 1.94 bits per heavy atom. The number of carbonyl (C=O) groups is 3. The third-order valence-electron chi connectivity index (χ3n) is 4.73. The Bertz CT molecular complexity index is 1120. The standard InChI is InChI=1S/C23H21N3O5/c1-14(2)31-20-8-5-15(11-24-20)12-25-21(27)16-6-7-18-19(10-16)23(29)26(22(18)28)13-17-4-3-9-30-17/h3-11,14H,12-13H2,1-2H3,(H,25,27). The van der Waals surface area contributed by atoms with Gasteiger partial charge in [0.2, 0.25) is 5.88 Å². The number of furan rings is 1. The zero-order chi connectivity index (χ0) is 22.0. The van der Waals surface area contributed by atoms with E-state index >= 15 is 0 Å². The van der Waals surface area contributed by atoms with Crippen molar-refractivity contribution in [3.05, 3.63) is 82.9 Å². The summed E-state index contributed by atoms with van der Waals surface area (Å²) in [5.41, 5.74) is 1.59. The number of aromatic nitrogens is 1. The van der Waals surface area contributed by atoms with Crippen LogP contribution in [0.3, 0.4) is 0 Å². The fourth-order valence-corrected chi connectivity index (χ4v) is 3.25. The molecule has 1 aromatic carbocycles. The highest BCUT2D eigenvalue weighted by molar-refractivity contribution is 6.22. The molecule has 3 aromatic rings. The van der Waals surface area contributed by atoms with E-state index in [-0.39, 0.29) is 36.2 Å². The Hall–Kier alpha value is -3.94. The molecule has 2 aromatic heterocycles. The molecule has 0 unspecified atom stereocenters. The first kappa shape index (κ1) is 20.3. The van der Waals surface area contributed by atoms with E-state index in [1.807, 2.05) is 19.9 Å². The van der Waals surface area contributed by atoms with Gasteiger partial charge in [-0.15, -0.1) is 0 Å². The number of pyridine rings is 1. The van der Waals surface area contributed by atoms with Gasteiger partial charge in [-0.25, -0.2) is 4.98 Å². The average molecular weight is 419 g/mol. The van der Waals surface area contributed by atoms with Crippen LogP contribution in [0.25, 0.3) is 0 Å². The van der Waals surface area contributed by atoms with E-state index in [9.17, 15) is 14.4 Å². The maximum Gasteiger partial charge on any atom is 0.261 e. The number of ether oxygens (including phenoxy) is 1. The molecule has 4 rings (SSSR count). The highest BCUT2D eigenvalue weighted by Gasteiger charge is 2.36. The van der Waals surface area contributed by atoms with Crippen molar-refractivity contribution in [2.75, 3.05) is 0 Å². The predicted molar refractivity (Wildman–Crippen MR) is 111 cm³/mol. The molecule has 0 saturated carbocycles. The van der Waals surface area contributed by atoms with Crippen LogP contribution in [-0.4, -0.2) is 33.7 Å². The van der Waals surface area contributed by atoms with E-state index in [1.165, 1.54) is 24.5 Å². The minimum absolute atomic E-state index is 0.0301. The fourth-order valence-electron chi connectivity index (χ4n) is 3.25. The molecule has 1 aliphatic heterocycles. The molecule has 0 radical (unpaired) electrons. The largest absolute Gasteiger partial charge is 0.475 e. The molecule has 8 heteroatoms. The summed E-state index contributed by atoms with van der Waals surface area (Å²) in [6.07, 6.45) is 3.15. The lowest BCUT2D eigenvalue weighted by atomic mass is 10.1. The van der Waals surface area contributed by atoms with E-state index in [0.29, 0.717) is 17.2 Å². The van der Waals surface area contributed by atoms with Crippen LogP contribution < -0.4 is 10.1 Å². The van der Waals surface area contributed by atoms with Gasteiger partial charge in [-0.2, -0.15) is 0 Å². The smallest absolute Gasteiger partial charge is 0.261 e. The molecule has 0 atom stereocenters. The average Bonchev–Trinajstić information content (AvgIpc) is 3.35. The van der Waals surface area contributed by atoms with Crippen molar-refractivity contribution >= 4 is 17.7 Å². The number of hydrogen-bond acceptors (Lipinski definition) is 6. The lowest BCUT2D eigenvalue weighted by Crippen LogP contribution is -2.28. The van der Waals surface area contributed by atoms with E-state index in [0.717, 1.165) is 10.5 Å². The van der Waals surface area contributed by atoms with Crippen molar-refractivity contribution in [1.82, 2.24) is 15.2 Å². The number of nitrogens with zero attached hydrogens (tertiary/aromatic N) is 2. The van der Waals surface area contributed by atoms with Crippen LogP contribution >= 0.6 is 0 Å². The van der Waals surface area contributed by atoms with Gasteiger partial charge in [-0.3, -0.25) is 19.3 Å². The minimum atomic E-state index is -0.448. The number of benzene rings is 1. The summed E-state index contributed by atoms with van der Waals surface area (Å²) >= 11 is 0. The van der Waals surface area contributed by atoms with Crippen LogP contribution in [-0.2, 0) is 13.1 Å². The number of carbonyl (C=O) groups excluding carboxylic acids is 3. The number of rotatable bonds is 7. The lowest BCUT2D eigenvalue weighted by Gasteiger charge is -2.11. The molecule has 3 heterocycles. The Morgan fingerprint density at radius 3 is 2.61 bits per heavy atom. The van der Waals surface area contributed by atoms with Crippen LogP contribution in [0.15, 0.2) is 59.3 Å². The van der Waals surface area contributed by atoms with E-state index in [2.05, 4.69) is 10.3 Å². The quantitative estimate of drug-likeness (QED) is 0.590. The summed E-state index contributed by atoms with van der Waals surface area (Å²) in [6, 6.07) is 11.4. The first-order valence-electron chi connectivity index (χ1n) is 9.85. The fraction of sp³-hybridized carbons (Fsp3) is 0.217. The molecule has 31 heavy (non-hydrogen) atoms. The number of amides is 3. The highest BCUT2D eigenvalue weighted by Crippen LogP contribution is 2.26. The van der Waals surface area contributed by atoms with Gasteiger partial charge in [0.05, 0.1) is 30.0 Å². The molecule has 3 amide bonds. The van der Waals surface area contributed by atoms with Crippen molar-refractivity contribution in [2.45, 2.75) is 33.0 Å². The molecule has 0 bridgehead atoms. The first-order chi connectivity index (χ1) is 14.9. The van der Waals surface area contributed by atoms with E-state index in [1.54, 1.807) is 24.4 Å². The third-order valence-corrected chi connectivity index (χ3v) is 4.73. The zero-order valence-electron chi connectivity index (χ0n) is 17.1. The third kappa shape index (κ3) is 4.32. The van der Waals surface area contributed by atoms with Crippen LogP contribution in [0, 0.1) is 0 Å². The zero-order valence-corrected chi connectivity index (χ0v) is 17.1. The van der Waals surface area contributed by atoms with Gasteiger partial charge in [0.25, 0.3) is 17.7 Å². The summed E-state index contributed by atoms with van der Waals surface area (Å²) in [7, 11) is 0. The summed E-state index contributed by atoms with van der Waals surface area (Å²) < 4.78 is 10.7. The number of hydrogen-bond donors (Lipinski definition) is 1. The van der Waals surface area contributed by atoms with Gasteiger partial charge in [0, 0.05) is 24.4 Å². The van der Waals surface area contributed by atoms with E-state index in [4.69, 9.17) is 9.15 Å². The minimum Gasteiger partial charge on any atom is -0.475 e. The van der Waals surface area contributed by atoms with Crippen LogP contribution in [0.2, 0.25) is 0 Å². The SMILES string of the molecule is CC(C)Oc1ccc(CNC(=O)c2ccc3c(c2)C(=O)N(Cc2ccco2)C3=O)cn1. The Morgan fingerprint density at radius 1 is 1.13 bits per heavy atom. The molecule has 1 N–H and O–H groups in total. The molecule has 0 aliphatic carbocycles. The van der Waals surface area contributed by atoms with Gasteiger partial charge in [-0.05, 0) is 49.7 Å². The monoisotopic (exact) mass is 419 g/mol. The van der Waals surface area contributed by atoms with Gasteiger partial charge < -0.3 is 14.5 Å². The van der Waals surface area contributed by atoms with Crippen LogP contribution in [0.1, 0.15) is 56.2 Å². The predicted octanol–water partition coefficient (Wildman–Crippen LogP) is 3.19. The van der Waals surface area contributed by atoms with Crippen molar-refractivity contribution in [1.29, 1.82) is 0 Å². The summed E-state index contributed by atoms with van der Waals surface area (Å²) in [6.45, 7) is 4.15. The van der Waals surface area contributed by atoms with Crippen molar-refractivity contribution in [3.8, 4) is 5.88 Å². The summed E-state index contributed by atoms with van der Waals surface area (Å²) in [5.74, 6) is -0.180. The van der Waals surface area contributed by atoms with E-state index < -0.39 is 11.8 Å². The van der Waals surface area contributed by atoms with Gasteiger partial charge >= 0.3 is 0 Å². The molecule has 0 saturated heterocycles. The maximum atomic E-state index is 12.7. The summed E-state index contributed by atoms with van der Waals surface area (Å²) in [4.78, 5) is 43.2. The van der Waals surface area contributed by atoms with Crippen molar-refractivity contribution < 1.29 is 23.5 Å². The highest BCUT2D eigenvalue weighted by atomic mass is 16.5. The topological polar surface area (TPSA) is 102 Å². The molecular formula is C23H21N3O5. The normalized spacial score (nSPS) is 12.9. The number of nitrogens with one attached hydrogen (secondary N) is 1. The number of imide groups is 1. The Balaban J connectivity index is 1.42. The molecular weight excluding hydrogens is 398 g/mol. The van der Waals surface area contributed by atoms with Crippen molar-refractivity contribution in [3.63, 3.8) is 0 Å². The molecule has 8 nitrogen and oxygen atoms in total. The van der Waals surface area contributed by atoms with Crippen LogP contribution in [0.4, 0.5) is 0 Å². The lowest BCUT2D eigenvalue weighted by molar-refractivity contribution is 0.0631. The van der Waals surface area contributed by atoms with Gasteiger partial charge in [0.15, 0.2) is 0 Å². The molecule has 1 aliphatic rings. The molecule has 0 fully saturated rings. The summed E-state index contributed by atoms with van der Waals surface area (Å²) in [5, 5.41) is 2.80.